The van der Waals surface area contributed by atoms with E-state index in [4.69, 9.17) is 5.26 Å². The van der Waals surface area contributed by atoms with Gasteiger partial charge in [0.05, 0.1) is 11.6 Å². The van der Waals surface area contributed by atoms with Crippen LogP contribution in [-0.2, 0) is 11.3 Å². The predicted molar refractivity (Wildman–Crippen MR) is 101 cm³/mol. The number of halogens is 3. The van der Waals surface area contributed by atoms with Crippen molar-refractivity contribution >= 4 is 11.8 Å². The Kier molecular flexibility index (Phi) is 7.78. The number of benzene rings is 2. The molecule has 8 heteroatoms. The number of hydrogen-bond donors (Lipinski definition) is 1. The lowest BCUT2D eigenvalue weighted by Crippen LogP contribution is -2.38. The number of amides is 2. The van der Waals surface area contributed by atoms with E-state index in [1.54, 1.807) is 30.3 Å². The third-order valence-corrected chi connectivity index (χ3v) is 4.07. The van der Waals surface area contributed by atoms with Gasteiger partial charge in [-0.25, -0.2) is 0 Å². The summed E-state index contributed by atoms with van der Waals surface area (Å²) >= 11 is 0. The smallest absolute Gasteiger partial charge is 0.352 e. The number of nitrogens with zero attached hydrogens (tertiary/aromatic N) is 2. The van der Waals surface area contributed by atoms with Crippen LogP contribution in [0.2, 0.25) is 0 Å². The molecule has 0 radical (unpaired) electrons. The molecule has 0 bridgehead atoms. The number of nitrogens with one attached hydrogen (secondary N) is 1. The summed E-state index contributed by atoms with van der Waals surface area (Å²) < 4.78 is 38.6. The molecule has 0 aromatic heterocycles. The van der Waals surface area contributed by atoms with Crippen molar-refractivity contribution in [2.24, 2.45) is 0 Å². The molecule has 0 saturated carbocycles. The number of hydrogen-bond acceptors (Lipinski definition) is 3. The normalized spacial score (nSPS) is 10.8. The standard InChI is InChI=1S/C21H20F3N3O2/c22-21(23,24)15-27(14-17-10-8-16(13-25)9-11-17)19(28)7-4-12-26-20(29)18-5-2-1-3-6-18/h1-3,5-6,8-11H,4,7,12,14-15H2,(H,26,29). The van der Waals surface area contributed by atoms with E-state index in [9.17, 15) is 22.8 Å². The van der Waals surface area contributed by atoms with Gasteiger partial charge in [-0.2, -0.15) is 18.4 Å². The van der Waals surface area contributed by atoms with E-state index in [-0.39, 0.29) is 31.8 Å². The van der Waals surface area contributed by atoms with Crippen LogP contribution in [0.25, 0.3) is 0 Å². The SMILES string of the molecule is N#Cc1ccc(CN(CC(F)(F)F)C(=O)CCCNC(=O)c2ccccc2)cc1. The Morgan fingerprint density at radius 3 is 2.28 bits per heavy atom. The molecule has 0 atom stereocenters. The Morgan fingerprint density at radius 2 is 1.69 bits per heavy atom. The van der Waals surface area contributed by atoms with Gasteiger partial charge in [0.25, 0.3) is 5.91 Å². The first-order chi connectivity index (χ1) is 13.8. The molecule has 0 unspecified atom stereocenters. The summed E-state index contributed by atoms with van der Waals surface area (Å²) in [5.41, 5.74) is 1.36. The van der Waals surface area contributed by atoms with Crippen molar-refractivity contribution in [1.29, 1.82) is 5.26 Å². The molecular formula is C21H20F3N3O2. The van der Waals surface area contributed by atoms with Gasteiger partial charge >= 0.3 is 6.18 Å². The molecule has 0 aliphatic carbocycles. The zero-order chi connectivity index (χ0) is 21.3. The van der Waals surface area contributed by atoms with E-state index in [0.717, 1.165) is 4.90 Å². The quantitative estimate of drug-likeness (QED) is 0.684. The average Bonchev–Trinajstić information content (AvgIpc) is 2.70. The van der Waals surface area contributed by atoms with Crippen LogP contribution in [0.3, 0.4) is 0 Å². The largest absolute Gasteiger partial charge is 0.406 e. The van der Waals surface area contributed by atoms with Crippen LogP contribution in [0.5, 0.6) is 0 Å². The van der Waals surface area contributed by atoms with Crippen molar-refractivity contribution in [3.05, 3.63) is 71.3 Å². The van der Waals surface area contributed by atoms with E-state index >= 15 is 0 Å². The minimum absolute atomic E-state index is 0.124. The molecule has 0 aliphatic rings. The lowest BCUT2D eigenvalue weighted by Gasteiger charge is -2.24. The highest BCUT2D eigenvalue weighted by atomic mass is 19.4. The molecule has 2 aromatic carbocycles. The molecule has 2 amide bonds. The molecule has 5 nitrogen and oxygen atoms in total. The second-order valence-corrected chi connectivity index (χ2v) is 6.40. The number of carbonyl (C=O) groups is 2. The van der Waals surface area contributed by atoms with Gasteiger partial charge in [-0.3, -0.25) is 9.59 Å². The molecule has 152 valence electrons. The fourth-order valence-electron chi connectivity index (χ4n) is 2.64. The minimum Gasteiger partial charge on any atom is -0.352 e. The van der Waals surface area contributed by atoms with Crippen molar-refractivity contribution in [3.63, 3.8) is 0 Å². The van der Waals surface area contributed by atoms with E-state index in [1.165, 1.54) is 24.3 Å². The van der Waals surface area contributed by atoms with Crippen LogP contribution >= 0.6 is 0 Å². The third kappa shape index (κ3) is 7.66. The van der Waals surface area contributed by atoms with Crippen molar-refractivity contribution in [2.45, 2.75) is 25.6 Å². The highest BCUT2D eigenvalue weighted by Crippen LogP contribution is 2.19. The molecule has 2 rings (SSSR count). The van der Waals surface area contributed by atoms with Crippen LogP contribution in [0.4, 0.5) is 13.2 Å². The summed E-state index contributed by atoms with van der Waals surface area (Å²) in [5, 5.41) is 11.4. The lowest BCUT2D eigenvalue weighted by molar-refractivity contribution is -0.162. The number of rotatable bonds is 8. The zero-order valence-electron chi connectivity index (χ0n) is 15.6. The van der Waals surface area contributed by atoms with Crippen molar-refractivity contribution in [1.82, 2.24) is 10.2 Å². The van der Waals surface area contributed by atoms with Gasteiger partial charge in [0, 0.05) is 25.1 Å². The summed E-state index contributed by atoms with van der Waals surface area (Å²) in [4.78, 5) is 25.0. The molecule has 0 heterocycles. The van der Waals surface area contributed by atoms with Gasteiger partial charge in [-0.05, 0) is 36.2 Å². The van der Waals surface area contributed by atoms with Gasteiger partial charge in [0.2, 0.25) is 5.91 Å². The Labute approximate surface area is 166 Å². The van der Waals surface area contributed by atoms with E-state index < -0.39 is 18.6 Å². The fourth-order valence-corrected chi connectivity index (χ4v) is 2.64. The molecular weight excluding hydrogens is 383 g/mol. The first kappa shape index (κ1) is 22.0. The van der Waals surface area contributed by atoms with Crippen LogP contribution in [-0.4, -0.2) is 36.0 Å². The molecule has 2 aromatic rings. The summed E-state index contributed by atoms with van der Waals surface area (Å²) in [6.07, 6.45) is -4.43. The highest BCUT2D eigenvalue weighted by molar-refractivity contribution is 5.94. The Balaban J connectivity index is 1.89. The molecule has 0 aliphatic heterocycles. The van der Waals surface area contributed by atoms with Crippen molar-refractivity contribution < 1.29 is 22.8 Å². The van der Waals surface area contributed by atoms with Crippen LogP contribution in [0.1, 0.15) is 34.3 Å². The molecule has 0 fully saturated rings. The Bertz CT molecular complexity index is 859. The van der Waals surface area contributed by atoms with E-state index in [2.05, 4.69) is 5.32 Å². The summed E-state index contributed by atoms with van der Waals surface area (Å²) in [6, 6.07) is 16.5. The van der Waals surface area contributed by atoms with Crippen LogP contribution in [0.15, 0.2) is 54.6 Å². The first-order valence-electron chi connectivity index (χ1n) is 8.95. The van der Waals surface area contributed by atoms with Gasteiger partial charge in [-0.1, -0.05) is 30.3 Å². The van der Waals surface area contributed by atoms with Gasteiger partial charge in [0.15, 0.2) is 0 Å². The third-order valence-electron chi connectivity index (χ3n) is 4.07. The maximum Gasteiger partial charge on any atom is 0.406 e. The van der Waals surface area contributed by atoms with E-state index in [1.807, 2.05) is 6.07 Å². The lowest BCUT2D eigenvalue weighted by atomic mass is 10.1. The predicted octanol–water partition coefficient (Wildman–Crippen LogP) is 3.66. The summed E-state index contributed by atoms with van der Waals surface area (Å²) in [7, 11) is 0. The molecule has 0 saturated heterocycles. The topological polar surface area (TPSA) is 73.2 Å². The van der Waals surface area contributed by atoms with Gasteiger partial charge < -0.3 is 10.2 Å². The monoisotopic (exact) mass is 403 g/mol. The zero-order valence-corrected chi connectivity index (χ0v) is 15.6. The maximum absolute atomic E-state index is 12.9. The molecule has 29 heavy (non-hydrogen) atoms. The van der Waals surface area contributed by atoms with Crippen molar-refractivity contribution in [3.8, 4) is 6.07 Å². The maximum atomic E-state index is 12.9. The second kappa shape index (κ2) is 10.3. The Morgan fingerprint density at radius 1 is 1.03 bits per heavy atom. The average molecular weight is 403 g/mol. The van der Waals surface area contributed by atoms with Gasteiger partial charge in [-0.15, -0.1) is 0 Å². The molecule has 1 N–H and O–H groups in total. The fraction of sp³-hybridized carbons (Fsp3) is 0.286. The van der Waals surface area contributed by atoms with Crippen LogP contribution in [0, 0.1) is 11.3 Å². The summed E-state index contributed by atoms with van der Waals surface area (Å²) in [6.45, 7) is -1.39. The number of nitriles is 1. The van der Waals surface area contributed by atoms with Crippen molar-refractivity contribution in [2.75, 3.05) is 13.1 Å². The summed E-state index contributed by atoms with van der Waals surface area (Å²) in [5.74, 6) is -0.955. The first-order valence-corrected chi connectivity index (χ1v) is 8.95. The minimum atomic E-state index is -4.52. The Hall–Kier alpha value is -3.34. The van der Waals surface area contributed by atoms with E-state index in [0.29, 0.717) is 16.7 Å². The second-order valence-electron chi connectivity index (χ2n) is 6.40. The molecule has 0 spiro atoms. The number of alkyl halides is 3. The number of carbonyl (C=O) groups excluding carboxylic acids is 2. The van der Waals surface area contributed by atoms with Gasteiger partial charge in [0.1, 0.15) is 6.54 Å². The highest BCUT2D eigenvalue weighted by Gasteiger charge is 2.32. The van der Waals surface area contributed by atoms with Crippen LogP contribution < -0.4 is 5.32 Å².